The number of aliphatic carboxylic acids is 1. The average Bonchev–Trinajstić information content (AvgIpc) is 1.63. The van der Waals surface area contributed by atoms with Gasteiger partial charge in [0.15, 0.2) is 0 Å². The number of hydrogen-bond acceptors (Lipinski definition) is 3. The fourth-order valence-corrected chi connectivity index (χ4v) is 0.238. The van der Waals surface area contributed by atoms with Gasteiger partial charge in [0.05, 0.1) is 6.42 Å². The van der Waals surface area contributed by atoms with Crippen molar-refractivity contribution in [1.82, 2.24) is 0 Å². The summed E-state index contributed by atoms with van der Waals surface area (Å²) in [6.45, 7) is 0. The smallest absolute Gasteiger partial charge is 0.309 e. The van der Waals surface area contributed by atoms with E-state index in [0.29, 0.717) is 0 Å². The number of carboxylic acid groups (broad SMARTS) is 1. The van der Waals surface area contributed by atoms with E-state index in [2.05, 4.69) is 5.73 Å². The first-order chi connectivity index (χ1) is 4.04. The van der Waals surface area contributed by atoms with Crippen molar-refractivity contribution in [2.24, 2.45) is 5.73 Å². The fourth-order valence-electron chi connectivity index (χ4n) is 0.238. The lowest BCUT2D eigenvalue weighted by Crippen LogP contribution is -2.24. The maximum absolute atomic E-state index is 9.97. The van der Waals surface area contributed by atoms with Crippen molar-refractivity contribution < 1.29 is 14.7 Å². The zero-order chi connectivity index (χ0) is 7.44. The number of rotatable bonds is 3. The summed E-state index contributed by atoms with van der Waals surface area (Å²) in [6.07, 6.45) is -0.602. The lowest BCUT2D eigenvalue weighted by Gasteiger charge is -1.90. The van der Waals surface area contributed by atoms with E-state index in [4.69, 9.17) is 10.5 Å². The molecule has 0 aromatic heterocycles. The van der Waals surface area contributed by atoms with Crippen LogP contribution in [-0.4, -0.2) is 22.7 Å². The molecule has 0 atom stereocenters. The van der Waals surface area contributed by atoms with Crippen LogP contribution in [0.1, 0.15) is 6.42 Å². The largest absolute Gasteiger partial charge is 0.481 e. The summed E-state index contributed by atoms with van der Waals surface area (Å²) in [7, 11) is 0. The van der Waals surface area contributed by atoms with Crippen LogP contribution in [0.5, 0.6) is 0 Å². The molecule has 0 fully saturated rings. The van der Waals surface area contributed by atoms with Crippen LogP contribution in [0, 0.1) is 5.41 Å². The number of amides is 1. The molecule has 0 spiro atoms. The number of primary amides is 1. The Morgan fingerprint density at radius 1 is 1.56 bits per heavy atom. The predicted octanol–water partition coefficient (Wildman–Crippen LogP) is -1.03. The number of nitrogens with two attached hydrogens (primary N) is 1. The van der Waals surface area contributed by atoms with Crippen LogP contribution in [0.2, 0.25) is 0 Å². The van der Waals surface area contributed by atoms with Crippen LogP contribution in [0.3, 0.4) is 0 Å². The standard InChI is InChI=1S/C4H6N2O3/c5-2(4(6)9)1-3(7)8/h5H,1H2,(H2,6,9)(H,7,8). The summed E-state index contributed by atoms with van der Waals surface area (Å²) < 4.78 is 0. The number of carbonyl (C=O) groups excluding carboxylic acids is 1. The lowest BCUT2D eigenvalue weighted by molar-refractivity contribution is -0.136. The monoisotopic (exact) mass is 130 g/mol. The van der Waals surface area contributed by atoms with Crippen molar-refractivity contribution in [3.63, 3.8) is 0 Å². The van der Waals surface area contributed by atoms with E-state index in [1.165, 1.54) is 0 Å². The second-order valence-corrected chi connectivity index (χ2v) is 1.41. The second kappa shape index (κ2) is 2.81. The molecule has 0 saturated carbocycles. The summed E-state index contributed by atoms with van der Waals surface area (Å²) >= 11 is 0. The van der Waals surface area contributed by atoms with Crippen molar-refractivity contribution in [3.8, 4) is 0 Å². The zero-order valence-electron chi connectivity index (χ0n) is 4.55. The molecule has 0 rings (SSSR count). The Morgan fingerprint density at radius 2 is 2.00 bits per heavy atom. The third kappa shape index (κ3) is 3.22. The van der Waals surface area contributed by atoms with Gasteiger partial charge in [0.1, 0.15) is 5.71 Å². The Labute approximate surface area is 51.0 Å². The molecule has 1 amide bonds. The van der Waals surface area contributed by atoms with E-state index < -0.39 is 24.0 Å². The van der Waals surface area contributed by atoms with Gasteiger partial charge in [-0.2, -0.15) is 0 Å². The molecule has 50 valence electrons. The Balaban J connectivity index is 3.79. The van der Waals surface area contributed by atoms with Crippen molar-refractivity contribution in [3.05, 3.63) is 0 Å². The topological polar surface area (TPSA) is 104 Å². The van der Waals surface area contributed by atoms with Crippen molar-refractivity contribution >= 4 is 17.6 Å². The lowest BCUT2D eigenvalue weighted by atomic mass is 10.3. The molecule has 0 aliphatic heterocycles. The van der Waals surface area contributed by atoms with Gasteiger partial charge < -0.3 is 10.8 Å². The molecule has 5 heteroatoms. The van der Waals surface area contributed by atoms with E-state index >= 15 is 0 Å². The molecule has 5 nitrogen and oxygen atoms in total. The Hall–Kier alpha value is -1.39. The Bertz CT molecular complexity index is 163. The van der Waals surface area contributed by atoms with Gasteiger partial charge in [-0.1, -0.05) is 0 Å². The minimum atomic E-state index is -1.22. The Kier molecular flexibility index (Phi) is 2.37. The number of carbonyl (C=O) groups is 2. The van der Waals surface area contributed by atoms with Gasteiger partial charge in [0.2, 0.25) is 0 Å². The highest BCUT2D eigenvalue weighted by Crippen LogP contribution is 1.80. The van der Waals surface area contributed by atoms with E-state index in [1.807, 2.05) is 0 Å². The molecular weight excluding hydrogens is 124 g/mol. The first-order valence-electron chi connectivity index (χ1n) is 2.13. The van der Waals surface area contributed by atoms with Crippen LogP contribution in [0.15, 0.2) is 0 Å². The summed E-state index contributed by atoms with van der Waals surface area (Å²) in [5.41, 5.74) is 3.98. The fraction of sp³-hybridized carbons (Fsp3) is 0.250. The van der Waals surface area contributed by atoms with E-state index in [-0.39, 0.29) is 0 Å². The molecule has 0 unspecified atom stereocenters. The van der Waals surface area contributed by atoms with Gasteiger partial charge in [0, 0.05) is 0 Å². The first kappa shape index (κ1) is 7.61. The van der Waals surface area contributed by atoms with Crippen molar-refractivity contribution in [2.45, 2.75) is 6.42 Å². The molecule has 0 saturated heterocycles. The summed E-state index contributed by atoms with van der Waals surface area (Å²) in [6, 6.07) is 0. The minimum Gasteiger partial charge on any atom is -0.481 e. The average molecular weight is 130 g/mol. The molecule has 4 N–H and O–H groups in total. The molecular formula is C4H6N2O3. The third-order valence-corrected chi connectivity index (χ3v) is 0.625. The van der Waals surface area contributed by atoms with Crippen LogP contribution >= 0.6 is 0 Å². The molecule has 0 aliphatic rings. The van der Waals surface area contributed by atoms with Crippen LogP contribution in [0.4, 0.5) is 0 Å². The summed E-state index contributed by atoms with van der Waals surface area (Å²) in [5, 5.41) is 14.6. The molecule has 0 radical (unpaired) electrons. The number of carboxylic acids is 1. The van der Waals surface area contributed by atoms with E-state index in [1.54, 1.807) is 0 Å². The highest BCUT2D eigenvalue weighted by molar-refractivity contribution is 6.39. The SMILES string of the molecule is N=C(CC(=O)O)C(N)=O. The second-order valence-electron chi connectivity index (χ2n) is 1.41. The molecule has 0 aromatic rings. The normalized spacial score (nSPS) is 8.44. The highest BCUT2D eigenvalue weighted by atomic mass is 16.4. The molecule has 0 bridgehead atoms. The van der Waals surface area contributed by atoms with Crippen LogP contribution < -0.4 is 5.73 Å². The maximum Gasteiger partial charge on any atom is 0.309 e. The van der Waals surface area contributed by atoms with Gasteiger partial charge in [-0.15, -0.1) is 0 Å². The van der Waals surface area contributed by atoms with Crippen LogP contribution in [0.25, 0.3) is 0 Å². The van der Waals surface area contributed by atoms with Gasteiger partial charge in [-0.25, -0.2) is 0 Å². The maximum atomic E-state index is 9.97. The highest BCUT2D eigenvalue weighted by Gasteiger charge is 2.07. The third-order valence-electron chi connectivity index (χ3n) is 0.625. The van der Waals surface area contributed by atoms with Gasteiger partial charge >= 0.3 is 5.97 Å². The number of hydrogen-bond donors (Lipinski definition) is 3. The number of nitrogens with one attached hydrogen (secondary N) is 1. The molecule has 0 aliphatic carbocycles. The summed E-state index contributed by atoms with van der Waals surface area (Å²) in [4.78, 5) is 19.7. The summed E-state index contributed by atoms with van der Waals surface area (Å²) in [5.74, 6) is -2.21. The van der Waals surface area contributed by atoms with Gasteiger partial charge in [-0.3, -0.25) is 15.0 Å². The van der Waals surface area contributed by atoms with Crippen LogP contribution in [-0.2, 0) is 9.59 Å². The predicted molar refractivity (Wildman–Crippen MR) is 29.2 cm³/mol. The van der Waals surface area contributed by atoms with E-state index in [9.17, 15) is 9.59 Å². The molecule has 0 aromatic carbocycles. The van der Waals surface area contributed by atoms with Crippen molar-refractivity contribution in [1.29, 1.82) is 5.41 Å². The quantitative estimate of drug-likeness (QED) is 0.425. The van der Waals surface area contributed by atoms with Crippen molar-refractivity contribution in [2.75, 3.05) is 0 Å². The minimum absolute atomic E-state index is 0.581. The first-order valence-corrected chi connectivity index (χ1v) is 2.13. The van der Waals surface area contributed by atoms with E-state index in [0.717, 1.165) is 0 Å². The van der Waals surface area contributed by atoms with Gasteiger partial charge in [0.25, 0.3) is 5.91 Å². The molecule has 0 heterocycles. The Morgan fingerprint density at radius 3 is 2.11 bits per heavy atom. The van der Waals surface area contributed by atoms with Gasteiger partial charge in [-0.05, 0) is 0 Å². The zero-order valence-corrected chi connectivity index (χ0v) is 4.55. The molecule has 9 heavy (non-hydrogen) atoms.